The fourth-order valence-electron chi connectivity index (χ4n) is 2.96. The number of hydrogen-bond acceptors (Lipinski definition) is 5. The van der Waals surface area contributed by atoms with Crippen molar-refractivity contribution in [3.63, 3.8) is 0 Å². The zero-order chi connectivity index (χ0) is 18.8. The predicted octanol–water partition coefficient (Wildman–Crippen LogP) is 3.17. The fraction of sp³-hybridized carbons (Fsp3) is 0.263. The molecule has 0 aromatic heterocycles. The van der Waals surface area contributed by atoms with Crippen LogP contribution in [0.15, 0.2) is 42.5 Å². The Morgan fingerprint density at radius 1 is 1.19 bits per heavy atom. The largest absolute Gasteiger partial charge is 0.426 e. The van der Waals surface area contributed by atoms with Crippen LogP contribution in [0.5, 0.6) is 5.75 Å². The molecular weight excluding hydrogens is 336 g/mol. The molecule has 3 rings (SSSR count). The summed E-state index contributed by atoms with van der Waals surface area (Å²) in [6, 6.07) is 11.0. The van der Waals surface area contributed by atoms with Gasteiger partial charge < -0.3 is 9.64 Å². The Kier molecular flexibility index (Phi) is 4.71. The number of ether oxygens (including phenoxy) is 1. The zero-order valence-corrected chi connectivity index (χ0v) is 14.5. The van der Waals surface area contributed by atoms with E-state index < -0.39 is 16.8 Å². The van der Waals surface area contributed by atoms with Crippen molar-refractivity contribution in [2.24, 2.45) is 5.92 Å². The molecule has 1 aliphatic heterocycles. The molecule has 2 aromatic rings. The van der Waals surface area contributed by atoms with Gasteiger partial charge in [-0.15, -0.1) is 0 Å². The number of non-ortho nitro benzene ring substituents is 1. The Labute approximate surface area is 150 Å². The molecule has 1 fully saturated rings. The Bertz CT molecular complexity index is 876. The highest BCUT2D eigenvalue weighted by molar-refractivity contribution is 6.00. The molecule has 2 aromatic carbocycles. The first-order chi connectivity index (χ1) is 12.4. The normalized spacial score (nSPS) is 16.6. The van der Waals surface area contributed by atoms with Crippen LogP contribution in [0.4, 0.5) is 11.4 Å². The van der Waals surface area contributed by atoms with Gasteiger partial charge in [-0.3, -0.25) is 19.7 Å². The van der Waals surface area contributed by atoms with Gasteiger partial charge in [0.05, 0.1) is 10.8 Å². The highest BCUT2D eigenvalue weighted by Crippen LogP contribution is 2.30. The lowest BCUT2D eigenvalue weighted by Gasteiger charge is -2.20. The van der Waals surface area contributed by atoms with Crippen molar-refractivity contribution < 1.29 is 19.2 Å². The van der Waals surface area contributed by atoms with E-state index in [1.54, 1.807) is 4.90 Å². The van der Waals surface area contributed by atoms with Crippen LogP contribution in [-0.2, 0) is 9.59 Å². The number of carbonyl (C=O) groups is 2. The Hall–Kier alpha value is -3.22. The Balaban J connectivity index is 1.71. The van der Waals surface area contributed by atoms with Gasteiger partial charge in [-0.05, 0) is 43.2 Å². The van der Waals surface area contributed by atoms with E-state index >= 15 is 0 Å². The summed E-state index contributed by atoms with van der Waals surface area (Å²) in [5.41, 5.74) is 2.81. The summed E-state index contributed by atoms with van der Waals surface area (Å²) in [6.45, 7) is 4.18. The van der Waals surface area contributed by atoms with Gasteiger partial charge in [0.15, 0.2) is 0 Å². The lowest BCUT2D eigenvalue weighted by Crippen LogP contribution is -2.28. The summed E-state index contributed by atoms with van der Waals surface area (Å²) in [5, 5.41) is 10.7. The maximum atomic E-state index is 12.4. The number of amides is 1. The molecule has 0 saturated carbocycles. The van der Waals surface area contributed by atoms with E-state index in [1.165, 1.54) is 24.3 Å². The average molecular weight is 354 g/mol. The number of nitro benzene ring substituents is 1. The third-order valence-corrected chi connectivity index (χ3v) is 4.59. The summed E-state index contributed by atoms with van der Waals surface area (Å²) in [5.74, 6) is -0.986. The van der Waals surface area contributed by atoms with Gasteiger partial charge >= 0.3 is 5.97 Å². The van der Waals surface area contributed by atoms with Crippen molar-refractivity contribution in [1.29, 1.82) is 0 Å². The second-order valence-corrected chi connectivity index (χ2v) is 6.30. The number of benzene rings is 2. The molecule has 0 radical (unpaired) electrons. The fourth-order valence-corrected chi connectivity index (χ4v) is 2.96. The molecule has 1 saturated heterocycles. The van der Waals surface area contributed by atoms with Gasteiger partial charge in [0.2, 0.25) is 5.91 Å². The van der Waals surface area contributed by atoms with Crippen molar-refractivity contribution in [3.05, 3.63) is 63.7 Å². The maximum absolute atomic E-state index is 12.4. The number of nitrogens with zero attached hydrogens (tertiary/aromatic N) is 2. The molecular formula is C19H18N2O5. The van der Waals surface area contributed by atoms with Crippen LogP contribution in [0.2, 0.25) is 0 Å². The van der Waals surface area contributed by atoms with Crippen LogP contribution in [0, 0.1) is 29.9 Å². The minimum Gasteiger partial charge on any atom is -0.426 e. The second-order valence-electron chi connectivity index (χ2n) is 6.30. The molecule has 1 atom stereocenters. The molecule has 0 unspecified atom stereocenters. The Morgan fingerprint density at radius 3 is 2.54 bits per heavy atom. The molecule has 26 heavy (non-hydrogen) atoms. The summed E-state index contributed by atoms with van der Waals surface area (Å²) < 4.78 is 5.28. The van der Waals surface area contributed by atoms with E-state index in [9.17, 15) is 19.7 Å². The number of carbonyl (C=O) groups excluding carboxylic acids is 2. The lowest BCUT2D eigenvalue weighted by atomic mass is 10.1. The highest BCUT2D eigenvalue weighted by atomic mass is 16.6. The number of aryl methyl sites for hydroxylation is 1. The van der Waals surface area contributed by atoms with E-state index in [1.807, 2.05) is 32.0 Å². The molecule has 0 N–H and O–H groups in total. The zero-order valence-electron chi connectivity index (χ0n) is 14.5. The predicted molar refractivity (Wildman–Crippen MR) is 95.1 cm³/mol. The average Bonchev–Trinajstić information content (AvgIpc) is 2.99. The molecule has 1 amide bonds. The van der Waals surface area contributed by atoms with Crippen LogP contribution >= 0.6 is 0 Å². The third-order valence-electron chi connectivity index (χ3n) is 4.59. The lowest BCUT2D eigenvalue weighted by molar-refractivity contribution is -0.384. The number of esters is 1. The molecule has 0 bridgehead atoms. The summed E-state index contributed by atoms with van der Waals surface area (Å²) >= 11 is 0. The van der Waals surface area contributed by atoms with Crippen molar-refractivity contribution in [3.8, 4) is 5.75 Å². The van der Waals surface area contributed by atoms with Gasteiger partial charge in [-0.1, -0.05) is 12.1 Å². The summed E-state index contributed by atoms with van der Waals surface area (Å²) in [7, 11) is 0. The molecule has 0 spiro atoms. The van der Waals surface area contributed by atoms with E-state index in [2.05, 4.69) is 0 Å². The molecule has 0 aliphatic carbocycles. The molecule has 7 nitrogen and oxygen atoms in total. The first kappa shape index (κ1) is 17.6. The van der Waals surface area contributed by atoms with Crippen LogP contribution in [0.3, 0.4) is 0 Å². The van der Waals surface area contributed by atoms with Gasteiger partial charge in [-0.25, -0.2) is 0 Å². The monoisotopic (exact) mass is 354 g/mol. The quantitative estimate of drug-likeness (QED) is 0.364. The van der Waals surface area contributed by atoms with Crippen LogP contribution in [0.25, 0.3) is 0 Å². The summed E-state index contributed by atoms with van der Waals surface area (Å²) in [4.78, 5) is 36.5. The molecule has 134 valence electrons. The molecule has 1 aliphatic rings. The SMILES string of the molecule is Cc1cccc(N2C[C@@H](C(=O)Oc3ccc([N+](=O)[O-])cc3)CC2=O)c1C. The van der Waals surface area contributed by atoms with E-state index in [-0.39, 0.29) is 30.3 Å². The number of rotatable bonds is 4. The van der Waals surface area contributed by atoms with Crippen LogP contribution in [-0.4, -0.2) is 23.3 Å². The van der Waals surface area contributed by atoms with Gasteiger partial charge in [0.25, 0.3) is 5.69 Å². The third kappa shape index (κ3) is 3.42. The molecule has 7 heteroatoms. The van der Waals surface area contributed by atoms with Crippen molar-refractivity contribution >= 4 is 23.3 Å². The standard InChI is InChI=1S/C19H18N2O5/c1-12-4-3-5-17(13(12)2)20-11-14(10-18(20)22)19(23)26-16-8-6-15(7-9-16)21(24)25/h3-9,14H,10-11H2,1-2H3/t14-/m0/s1. The topological polar surface area (TPSA) is 89.8 Å². The van der Waals surface area contributed by atoms with E-state index in [0.717, 1.165) is 16.8 Å². The highest BCUT2D eigenvalue weighted by Gasteiger charge is 2.37. The first-order valence-corrected chi connectivity index (χ1v) is 8.19. The Morgan fingerprint density at radius 2 is 1.88 bits per heavy atom. The van der Waals surface area contributed by atoms with Crippen molar-refractivity contribution in [2.45, 2.75) is 20.3 Å². The number of nitro groups is 1. The molecule has 1 heterocycles. The number of hydrogen-bond donors (Lipinski definition) is 0. The van der Waals surface area contributed by atoms with Crippen molar-refractivity contribution in [1.82, 2.24) is 0 Å². The number of anilines is 1. The summed E-state index contributed by atoms with van der Waals surface area (Å²) in [6.07, 6.45) is 0.0825. The van der Waals surface area contributed by atoms with Crippen LogP contribution in [0.1, 0.15) is 17.5 Å². The smallest absolute Gasteiger partial charge is 0.316 e. The maximum Gasteiger partial charge on any atom is 0.316 e. The van der Waals surface area contributed by atoms with Crippen molar-refractivity contribution in [2.75, 3.05) is 11.4 Å². The van der Waals surface area contributed by atoms with Crippen LogP contribution < -0.4 is 9.64 Å². The van der Waals surface area contributed by atoms with Gasteiger partial charge in [-0.2, -0.15) is 0 Å². The van der Waals surface area contributed by atoms with E-state index in [0.29, 0.717) is 0 Å². The van der Waals surface area contributed by atoms with Gasteiger partial charge in [0, 0.05) is 30.8 Å². The first-order valence-electron chi connectivity index (χ1n) is 8.19. The minimum absolute atomic E-state index is 0.0815. The second kappa shape index (κ2) is 6.95. The minimum atomic E-state index is -0.572. The van der Waals surface area contributed by atoms with Gasteiger partial charge in [0.1, 0.15) is 5.75 Å². The van der Waals surface area contributed by atoms with E-state index in [4.69, 9.17) is 4.74 Å².